The van der Waals surface area contributed by atoms with E-state index in [1.54, 1.807) is 17.8 Å². The molecule has 1 aromatic heterocycles. The first-order valence-electron chi connectivity index (χ1n) is 5.43. The monoisotopic (exact) mass is 259 g/mol. The van der Waals surface area contributed by atoms with Crippen molar-refractivity contribution in [2.45, 2.75) is 5.16 Å². The zero-order valence-electron chi connectivity index (χ0n) is 10.2. The van der Waals surface area contributed by atoms with Gasteiger partial charge in [-0.1, -0.05) is 48.2 Å². The Kier molecular flexibility index (Phi) is 3.94. The van der Waals surface area contributed by atoms with Crippen LogP contribution < -0.4 is 5.56 Å². The Morgan fingerprint density at radius 2 is 1.94 bits per heavy atom. The molecule has 18 heavy (non-hydrogen) atoms. The van der Waals surface area contributed by atoms with Gasteiger partial charge in [0.2, 0.25) is 0 Å². The van der Waals surface area contributed by atoms with Gasteiger partial charge in [-0.15, -0.1) is 0 Å². The highest BCUT2D eigenvalue weighted by molar-refractivity contribution is 7.98. The smallest absolute Gasteiger partial charge is 0.265 e. The van der Waals surface area contributed by atoms with Crippen LogP contribution in [0.15, 0.2) is 40.3 Å². The molecule has 2 rings (SSSR count). The lowest BCUT2D eigenvalue weighted by Crippen LogP contribution is -2.19. The second-order valence-corrected chi connectivity index (χ2v) is 4.43. The predicted octanol–water partition coefficient (Wildman–Crippen LogP) is 2.07. The molecule has 0 bridgehead atoms. The van der Waals surface area contributed by atoms with Gasteiger partial charge in [0, 0.05) is 7.05 Å². The number of rotatable bonds is 3. The maximum atomic E-state index is 11.7. The van der Waals surface area contributed by atoms with Gasteiger partial charge in [0.25, 0.3) is 5.56 Å². The number of benzene rings is 1. The molecule has 2 aromatic rings. The average molecular weight is 259 g/mol. The Hall–Kier alpha value is -1.88. The topological polar surface area (TPSA) is 47.8 Å². The van der Waals surface area contributed by atoms with Crippen LogP contribution in [0.4, 0.5) is 0 Å². The number of aryl methyl sites for hydroxylation is 1. The van der Waals surface area contributed by atoms with E-state index in [-0.39, 0.29) is 5.56 Å². The molecule has 4 nitrogen and oxygen atoms in total. The van der Waals surface area contributed by atoms with Crippen molar-refractivity contribution in [2.75, 3.05) is 6.26 Å². The van der Waals surface area contributed by atoms with E-state index in [9.17, 15) is 4.79 Å². The molecule has 0 aliphatic rings. The van der Waals surface area contributed by atoms with Crippen molar-refractivity contribution >= 4 is 23.9 Å². The van der Waals surface area contributed by atoms with Gasteiger partial charge in [0.1, 0.15) is 0 Å². The maximum absolute atomic E-state index is 11.7. The van der Waals surface area contributed by atoms with Gasteiger partial charge in [-0.05, 0) is 17.9 Å². The summed E-state index contributed by atoms with van der Waals surface area (Å²) in [5.74, 6) is 0. The molecule has 0 unspecified atom stereocenters. The number of hydrogen-bond donors (Lipinski definition) is 0. The zero-order chi connectivity index (χ0) is 13.0. The lowest BCUT2D eigenvalue weighted by atomic mass is 10.2. The molecule has 0 saturated heterocycles. The summed E-state index contributed by atoms with van der Waals surface area (Å²) in [4.78, 5) is 15.7. The molecule has 0 saturated carbocycles. The highest BCUT2D eigenvalue weighted by Crippen LogP contribution is 2.07. The van der Waals surface area contributed by atoms with Gasteiger partial charge >= 0.3 is 0 Å². The molecule has 0 N–H and O–H groups in total. The van der Waals surface area contributed by atoms with Crippen molar-refractivity contribution in [1.82, 2.24) is 14.8 Å². The summed E-state index contributed by atoms with van der Waals surface area (Å²) in [6.45, 7) is 0. The third-order valence-corrected chi connectivity index (χ3v) is 3.09. The van der Waals surface area contributed by atoms with Gasteiger partial charge < -0.3 is 0 Å². The van der Waals surface area contributed by atoms with E-state index in [1.165, 1.54) is 11.8 Å². The lowest BCUT2D eigenvalue weighted by Gasteiger charge is -2.03. The summed E-state index contributed by atoms with van der Waals surface area (Å²) in [7, 11) is 1.78. The fourth-order valence-electron chi connectivity index (χ4n) is 1.49. The molecule has 0 radical (unpaired) electrons. The second-order valence-electron chi connectivity index (χ2n) is 3.66. The van der Waals surface area contributed by atoms with Crippen LogP contribution in [0.2, 0.25) is 0 Å². The minimum Gasteiger partial charge on any atom is -0.265 e. The minimum absolute atomic E-state index is 0.301. The van der Waals surface area contributed by atoms with Crippen molar-refractivity contribution < 1.29 is 0 Å². The van der Waals surface area contributed by atoms with Crippen LogP contribution in [-0.4, -0.2) is 21.0 Å². The molecular formula is C13H13N3OS. The molecule has 0 aliphatic heterocycles. The quantitative estimate of drug-likeness (QED) is 0.792. The first-order valence-corrected chi connectivity index (χ1v) is 6.65. The molecule has 1 aromatic carbocycles. The number of thioether (sulfide) groups is 1. The Morgan fingerprint density at radius 3 is 2.61 bits per heavy atom. The third-order valence-electron chi connectivity index (χ3n) is 2.37. The summed E-state index contributed by atoms with van der Waals surface area (Å²) in [5, 5.41) is 4.80. The largest absolute Gasteiger partial charge is 0.299 e. The van der Waals surface area contributed by atoms with E-state index < -0.39 is 0 Å². The Labute approximate surface area is 109 Å². The van der Waals surface area contributed by atoms with E-state index in [0.29, 0.717) is 10.9 Å². The average Bonchev–Trinajstić information content (AvgIpc) is 2.40. The van der Waals surface area contributed by atoms with E-state index >= 15 is 0 Å². The van der Waals surface area contributed by atoms with Crippen LogP contribution in [0.5, 0.6) is 0 Å². The van der Waals surface area contributed by atoms with E-state index in [1.807, 2.05) is 42.7 Å². The van der Waals surface area contributed by atoms with Crippen molar-refractivity contribution in [1.29, 1.82) is 0 Å². The van der Waals surface area contributed by atoms with Crippen LogP contribution in [0, 0.1) is 0 Å². The molecule has 0 aliphatic carbocycles. The second kappa shape index (κ2) is 5.64. The fraction of sp³-hybridized carbons (Fsp3) is 0.154. The number of nitrogens with zero attached hydrogens (tertiary/aromatic N) is 3. The summed E-state index contributed by atoms with van der Waals surface area (Å²) in [6, 6.07) is 9.76. The fourth-order valence-corrected chi connectivity index (χ4v) is 1.96. The summed E-state index contributed by atoms with van der Waals surface area (Å²) >= 11 is 1.40. The summed E-state index contributed by atoms with van der Waals surface area (Å²) in [6.07, 6.45) is 5.40. The number of aromatic nitrogens is 3. The normalized spacial score (nSPS) is 11.0. The first-order chi connectivity index (χ1) is 8.70. The van der Waals surface area contributed by atoms with Crippen LogP contribution in [-0.2, 0) is 7.05 Å². The van der Waals surface area contributed by atoms with E-state index in [2.05, 4.69) is 10.1 Å². The standard InChI is InChI=1S/C13H13N3OS/c1-16-13(18-2)14-12(17)11(15-16)9-8-10-6-4-3-5-7-10/h3-9H,1-2H3. The van der Waals surface area contributed by atoms with E-state index in [4.69, 9.17) is 0 Å². The van der Waals surface area contributed by atoms with Crippen molar-refractivity contribution in [2.24, 2.45) is 7.05 Å². The highest BCUT2D eigenvalue weighted by Gasteiger charge is 2.04. The summed E-state index contributed by atoms with van der Waals surface area (Å²) in [5.41, 5.74) is 1.07. The van der Waals surface area contributed by atoms with Gasteiger partial charge in [-0.3, -0.25) is 4.79 Å². The van der Waals surface area contributed by atoms with E-state index in [0.717, 1.165) is 5.56 Å². The minimum atomic E-state index is -0.301. The molecule has 0 fully saturated rings. The Bertz CT molecular complexity index is 620. The van der Waals surface area contributed by atoms with Crippen LogP contribution in [0.25, 0.3) is 12.2 Å². The lowest BCUT2D eigenvalue weighted by molar-refractivity contribution is 0.608. The van der Waals surface area contributed by atoms with Crippen molar-refractivity contribution in [3.05, 3.63) is 51.9 Å². The molecular weight excluding hydrogens is 246 g/mol. The van der Waals surface area contributed by atoms with Crippen LogP contribution >= 0.6 is 11.8 Å². The SMILES string of the molecule is CSc1nc(=O)c(C=Cc2ccccc2)nn1C. The van der Waals surface area contributed by atoms with Crippen molar-refractivity contribution in [3.8, 4) is 0 Å². The molecule has 0 amide bonds. The summed E-state index contributed by atoms with van der Waals surface area (Å²) < 4.78 is 1.61. The van der Waals surface area contributed by atoms with Crippen LogP contribution in [0.1, 0.15) is 11.3 Å². The van der Waals surface area contributed by atoms with Crippen molar-refractivity contribution in [3.63, 3.8) is 0 Å². The molecule has 92 valence electrons. The van der Waals surface area contributed by atoms with Gasteiger partial charge in [0.05, 0.1) is 0 Å². The Balaban J connectivity index is 2.33. The highest BCUT2D eigenvalue weighted by atomic mass is 32.2. The maximum Gasteiger partial charge on any atom is 0.299 e. The third kappa shape index (κ3) is 2.87. The zero-order valence-corrected chi connectivity index (χ0v) is 11.0. The van der Waals surface area contributed by atoms with Gasteiger partial charge in [-0.25, -0.2) is 4.68 Å². The molecule has 5 heteroatoms. The van der Waals surface area contributed by atoms with Gasteiger partial charge in [0.15, 0.2) is 10.9 Å². The first kappa shape index (κ1) is 12.6. The molecule has 1 heterocycles. The Morgan fingerprint density at radius 1 is 1.22 bits per heavy atom. The molecule has 0 atom stereocenters. The van der Waals surface area contributed by atoms with Gasteiger partial charge in [-0.2, -0.15) is 10.1 Å². The number of hydrogen-bond acceptors (Lipinski definition) is 4. The van der Waals surface area contributed by atoms with Crippen LogP contribution in [0.3, 0.4) is 0 Å². The molecule has 0 spiro atoms. The predicted molar refractivity (Wildman–Crippen MR) is 74.4 cm³/mol.